The first kappa shape index (κ1) is 16.3. The van der Waals surface area contributed by atoms with Gasteiger partial charge in [-0.2, -0.15) is 10.2 Å². The van der Waals surface area contributed by atoms with Gasteiger partial charge in [-0.25, -0.2) is 0 Å². The van der Waals surface area contributed by atoms with E-state index in [2.05, 4.69) is 15.5 Å². The van der Waals surface area contributed by atoms with Gasteiger partial charge in [0.2, 0.25) is 5.91 Å². The molecule has 0 aliphatic rings. The third kappa shape index (κ3) is 4.02. The van der Waals surface area contributed by atoms with E-state index in [1.807, 2.05) is 48.1 Å². The third-order valence-corrected chi connectivity index (χ3v) is 4.08. The second-order valence-electron chi connectivity index (χ2n) is 5.50. The molecule has 124 valence electrons. The van der Waals surface area contributed by atoms with Crippen molar-refractivity contribution in [2.75, 3.05) is 5.32 Å². The standard InChI is InChI=1S/C17H18ClN5O/c1-13-16(18)11-20-23(13)9-6-17(24)21-15-5-2-4-14(10-15)12-22-8-3-7-19-22/h2-5,7-8,10-11H,6,9,12H2,1H3,(H,21,24). The molecule has 7 heteroatoms. The van der Waals surface area contributed by atoms with Crippen LogP contribution in [0.15, 0.2) is 48.9 Å². The molecule has 3 rings (SSSR count). The summed E-state index contributed by atoms with van der Waals surface area (Å²) >= 11 is 5.96. The summed E-state index contributed by atoms with van der Waals surface area (Å²) in [6, 6.07) is 9.64. The molecule has 1 aromatic carbocycles. The molecule has 0 saturated heterocycles. The van der Waals surface area contributed by atoms with E-state index in [0.717, 1.165) is 16.9 Å². The van der Waals surface area contributed by atoms with Crippen LogP contribution in [0.5, 0.6) is 0 Å². The van der Waals surface area contributed by atoms with Crippen LogP contribution in [0.1, 0.15) is 17.7 Å². The van der Waals surface area contributed by atoms with Crippen LogP contribution in [0.3, 0.4) is 0 Å². The molecular formula is C17H18ClN5O. The summed E-state index contributed by atoms with van der Waals surface area (Å²) in [5, 5.41) is 11.9. The Morgan fingerprint density at radius 3 is 2.88 bits per heavy atom. The molecule has 0 aliphatic carbocycles. The Balaban J connectivity index is 1.57. The van der Waals surface area contributed by atoms with Crippen LogP contribution in [-0.4, -0.2) is 25.5 Å². The van der Waals surface area contributed by atoms with Crippen molar-refractivity contribution in [2.45, 2.75) is 26.4 Å². The minimum Gasteiger partial charge on any atom is -0.326 e. The molecule has 0 saturated carbocycles. The van der Waals surface area contributed by atoms with E-state index >= 15 is 0 Å². The van der Waals surface area contributed by atoms with Crippen molar-refractivity contribution in [3.63, 3.8) is 0 Å². The van der Waals surface area contributed by atoms with Crippen molar-refractivity contribution >= 4 is 23.2 Å². The maximum atomic E-state index is 12.1. The van der Waals surface area contributed by atoms with Crippen LogP contribution in [0.4, 0.5) is 5.69 Å². The Morgan fingerprint density at radius 1 is 1.29 bits per heavy atom. The lowest BCUT2D eigenvalue weighted by molar-refractivity contribution is -0.116. The molecule has 1 N–H and O–H groups in total. The van der Waals surface area contributed by atoms with Crippen LogP contribution in [0, 0.1) is 6.92 Å². The van der Waals surface area contributed by atoms with Gasteiger partial charge in [0, 0.05) is 24.5 Å². The molecule has 0 aliphatic heterocycles. The number of hydrogen-bond acceptors (Lipinski definition) is 3. The van der Waals surface area contributed by atoms with Crippen molar-refractivity contribution in [3.05, 3.63) is 65.2 Å². The van der Waals surface area contributed by atoms with Crippen LogP contribution in [0.25, 0.3) is 0 Å². The fraction of sp³-hybridized carbons (Fsp3) is 0.235. The number of hydrogen-bond donors (Lipinski definition) is 1. The quantitative estimate of drug-likeness (QED) is 0.748. The summed E-state index contributed by atoms with van der Waals surface area (Å²) in [7, 11) is 0. The largest absolute Gasteiger partial charge is 0.326 e. The Hall–Kier alpha value is -2.60. The number of halogens is 1. The van der Waals surface area contributed by atoms with Crippen molar-refractivity contribution in [3.8, 4) is 0 Å². The molecular weight excluding hydrogens is 326 g/mol. The summed E-state index contributed by atoms with van der Waals surface area (Å²) in [5.74, 6) is -0.0581. The minimum absolute atomic E-state index is 0.0581. The summed E-state index contributed by atoms with van der Waals surface area (Å²) in [6.45, 7) is 3.05. The predicted octanol–water partition coefficient (Wildman–Crippen LogP) is 3.12. The zero-order valence-electron chi connectivity index (χ0n) is 13.3. The smallest absolute Gasteiger partial charge is 0.226 e. The van der Waals surface area contributed by atoms with Crippen molar-refractivity contribution in [1.82, 2.24) is 19.6 Å². The van der Waals surface area contributed by atoms with Crippen molar-refractivity contribution < 1.29 is 4.79 Å². The van der Waals surface area contributed by atoms with E-state index in [1.54, 1.807) is 17.1 Å². The summed E-state index contributed by atoms with van der Waals surface area (Å²) < 4.78 is 3.57. The third-order valence-electron chi connectivity index (χ3n) is 3.71. The van der Waals surface area contributed by atoms with Gasteiger partial charge in [-0.1, -0.05) is 23.7 Å². The number of carbonyl (C=O) groups excluding carboxylic acids is 1. The van der Waals surface area contributed by atoms with Gasteiger partial charge >= 0.3 is 0 Å². The average molecular weight is 344 g/mol. The van der Waals surface area contributed by atoms with E-state index in [-0.39, 0.29) is 5.91 Å². The fourth-order valence-electron chi connectivity index (χ4n) is 2.41. The second kappa shape index (κ2) is 7.31. The van der Waals surface area contributed by atoms with Crippen LogP contribution in [-0.2, 0) is 17.9 Å². The number of rotatable bonds is 6. The van der Waals surface area contributed by atoms with Crippen LogP contribution in [0.2, 0.25) is 5.02 Å². The fourth-order valence-corrected chi connectivity index (χ4v) is 2.55. The zero-order chi connectivity index (χ0) is 16.9. The highest BCUT2D eigenvalue weighted by Crippen LogP contribution is 2.15. The minimum atomic E-state index is -0.0581. The number of aryl methyl sites for hydroxylation is 1. The van der Waals surface area contributed by atoms with E-state index in [1.165, 1.54) is 0 Å². The number of nitrogens with zero attached hydrogens (tertiary/aromatic N) is 4. The highest BCUT2D eigenvalue weighted by Gasteiger charge is 2.08. The van der Waals surface area contributed by atoms with Gasteiger partial charge in [-0.3, -0.25) is 14.2 Å². The molecule has 2 heterocycles. The van der Waals surface area contributed by atoms with Gasteiger partial charge in [-0.15, -0.1) is 0 Å². The Labute approximate surface area is 145 Å². The Morgan fingerprint density at radius 2 is 2.17 bits per heavy atom. The molecule has 6 nitrogen and oxygen atoms in total. The molecule has 0 atom stereocenters. The maximum Gasteiger partial charge on any atom is 0.226 e. The molecule has 0 spiro atoms. The number of nitrogens with one attached hydrogen (secondary N) is 1. The zero-order valence-corrected chi connectivity index (χ0v) is 14.1. The van der Waals surface area contributed by atoms with Crippen molar-refractivity contribution in [1.29, 1.82) is 0 Å². The predicted molar refractivity (Wildman–Crippen MR) is 93.0 cm³/mol. The molecule has 3 aromatic rings. The van der Waals surface area contributed by atoms with Gasteiger partial charge in [-0.05, 0) is 30.7 Å². The summed E-state index contributed by atoms with van der Waals surface area (Å²) in [4.78, 5) is 12.1. The second-order valence-corrected chi connectivity index (χ2v) is 5.91. The van der Waals surface area contributed by atoms with E-state index in [9.17, 15) is 4.79 Å². The highest BCUT2D eigenvalue weighted by molar-refractivity contribution is 6.31. The molecule has 0 unspecified atom stereocenters. The number of aromatic nitrogens is 4. The van der Waals surface area contributed by atoms with Crippen LogP contribution >= 0.6 is 11.6 Å². The summed E-state index contributed by atoms with van der Waals surface area (Å²) in [6.07, 6.45) is 5.58. The lowest BCUT2D eigenvalue weighted by Crippen LogP contribution is -2.15. The molecule has 1 amide bonds. The van der Waals surface area contributed by atoms with Gasteiger partial charge in [0.25, 0.3) is 0 Å². The molecule has 0 fully saturated rings. The van der Waals surface area contributed by atoms with Gasteiger partial charge < -0.3 is 5.32 Å². The van der Waals surface area contributed by atoms with E-state index < -0.39 is 0 Å². The first-order valence-corrected chi connectivity index (χ1v) is 8.04. The van der Waals surface area contributed by atoms with Gasteiger partial charge in [0.15, 0.2) is 0 Å². The SMILES string of the molecule is Cc1c(Cl)cnn1CCC(=O)Nc1cccc(Cn2cccn2)c1. The number of carbonyl (C=O) groups is 1. The lowest BCUT2D eigenvalue weighted by atomic mass is 10.2. The lowest BCUT2D eigenvalue weighted by Gasteiger charge is -2.09. The Bertz CT molecular complexity index is 825. The Kier molecular flexibility index (Phi) is 4.96. The number of anilines is 1. The van der Waals surface area contributed by atoms with Crippen molar-refractivity contribution in [2.24, 2.45) is 0 Å². The molecule has 0 bridgehead atoms. The first-order chi connectivity index (χ1) is 11.6. The molecule has 24 heavy (non-hydrogen) atoms. The van der Waals surface area contributed by atoms with E-state index in [4.69, 9.17) is 11.6 Å². The normalized spacial score (nSPS) is 10.8. The maximum absolute atomic E-state index is 12.1. The average Bonchev–Trinajstić information content (AvgIpc) is 3.17. The van der Waals surface area contributed by atoms with E-state index in [0.29, 0.717) is 24.5 Å². The van der Waals surface area contributed by atoms with Gasteiger partial charge in [0.1, 0.15) is 0 Å². The summed E-state index contributed by atoms with van der Waals surface area (Å²) in [5.41, 5.74) is 2.72. The number of amides is 1. The van der Waals surface area contributed by atoms with Crippen LogP contribution < -0.4 is 5.32 Å². The molecule has 0 radical (unpaired) electrons. The van der Waals surface area contributed by atoms with Gasteiger partial charge in [0.05, 0.1) is 30.0 Å². The molecule has 2 aromatic heterocycles. The first-order valence-electron chi connectivity index (χ1n) is 7.66. The monoisotopic (exact) mass is 343 g/mol. The highest BCUT2D eigenvalue weighted by atomic mass is 35.5. The topological polar surface area (TPSA) is 64.7 Å². The number of benzene rings is 1.